The van der Waals surface area contributed by atoms with Gasteiger partial charge in [0.1, 0.15) is 5.75 Å². The van der Waals surface area contributed by atoms with E-state index in [1.807, 2.05) is 38.1 Å². The molecule has 0 aliphatic carbocycles. The van der Waals surface area contributed by atoms with Gasteiger partial charge in [-0.2, -0.15) is 0 Å². The summed E-state index contributed by atoms with van der Waals surface area (Å²) in [5.74, 6) is 0.449. The van der Waals surface area contributed by atoms with E-state index in [1.165, 1.54) is 0 Å². The zero-order valence-corrected chi connectivity index (χ0v) is 17.8. The molecule has 0 aromatic heterocycles. The lowest BCUT2D eigenvalue weighted by Crippen LogP contribution is -2.34. The van der Waals surface area contributed by atoms with Crippen LogP contribution in [0, 0.1) is 0 Å². The Labute approximate surface area is 173 Å². The molecule has 0 aliphatic heterocycles. The first-order valence-electron chi connectivity index (χ1n) is 8.86. The van der Waals surface area contributed by atoms with Crippen LogP contribution in [0.5, 0.6) is 5.75 Å². The van der Waals surface area contributed by atoms with Crippen molar-refractivity contribution in [3.8, 4) is 5.75 Å². The number of nitrogens with one attached hydrogen (secondary N) is 1. The lowest BCUT2D eigenvalue weighted by Gasteiger charge is -2.15. The van der Waals surface area contributed by atoms with Crippen LogP contribution in [0.25, 0.3) is 0 Å². The Morgan fingerprint density at radius 3 is 2.41 bits per heavy atom. The Morgan fingerprint density at radius 1 is 1.15 bits per heavy atom. The molecule has 144 valence electrons. The number of hydrogen-bond acceptors (Lipinski definition) is 3. The van der Waals surface area contributed by atoms with Gasteiger partial charge >= 0.3 is 0 Å². The van der Waals surface area contributed by atoms with Crippen LogP contribution in [0.1, 0.15) is 46.5 Å². The van der Waals surface area contributed by atoms with Crippen molar-refractivity contribution in [2.45, 2.75) is 32.7 Å². The predicted molar refractivity (Wildman–Crippen MR) is 112 cm³/mol. The highest BCUT2D eigenvalue weighted by Crippen LogP contribution is 2.25. The number of rotatable bonds is 9. The average Bonchev–Trinajstić information content (AvgIpc) is 2.66. The van der Waals surface area contributed by atoms with Crippen molar-refractivity contribution in [1.29, 1.82) is 0 Å². The van der Waals surface area contributed by atoms with Crippen LogP contribution in [0.15, 0.2) is 42.5 Å². The summed E-state index contributed by atoms with van der Waals surface area (Å²) >= 11 is 9.36. The first kappa shape index (κ1) is 21.5. The van der Waals surface area contributed by atoms with Crippen molar-refractivity contribution in [2.75, 3.05) is 11.9 Å². The molecule has 1 N–H and O–H groups in total. The van der Waals surface area contributed by atoms with Crippen LogP contribution < -0.4 is 10.1 Å². The Morgan fingerprint density at radius 2 is 1.81 bits per heavy atom. The van der Waals surface area contributed by atoms with Crippen LogP contribution in [0.2, 0.25) is 5.02 Å². The first-order chi connectivity index (χ1) is 12.9. The highest BCUT2D eigenvalue weighted by Gasteiger charge is 2.13. The van der Waals surface area contributed by atoms with E-state index in [2.05, 4.69) is 21.2 Å². The van der Waals surface area contributed by atoms with E-state index in [-0.39, 0.29) is 17.7 Å². The fourth-order valence-electron chi connectivity index (χ4n) is 2.59. The van der Waals surface area contributed by atoms with Crippen molar-refractivity contribution in [2.24, 2.45) is 0 Å². The second-order valence-electron chi connectivity index (χ2n) is 6.33. The smallest absolute Gasteiger partial charge is 0.251 e. The lowest BCUT2D eigenvalue weighted by molar-refractivity contribution is 0.0939. The van der Waals surface area contributed by atoms with Gasteiger partial charge in [0.15, 0.2) is 5.78 Å². The molecule has 0 heterocycles. The molecule has 27 heavy (non-hydrogen) atoms. The topological polar surface area (TPSA) is 55.4 Å². The summed E-state index contributed by atoms with van der Waals surface area (Å²) in [6, 6.07) is 12.4. The first-order valence-corrected chi connectivity index (χ1v) is 10.4. The van der Waals surface area contributed by atoms with E-state index >= 15 is 0 Å². The summed E-state index contributed by atoms with van der Waals surface area (Å²) in [4.78, 5) is 24.1. The number of halogens is 2. The van der Waals surface area contributed by atoms with Gasteiger partial charge in [-0.1, -0.05) is 58.7 Å². The monoisotopic (exact) mass is 451 g/mol. The van der Waals surface area contributed by atoms with Gasteiger partial charge in [0.05, 0.1) is 17.0 Å². The van der Waals surface area contributed by atoms with Gasteiger partial charge in [-0.25, -0.2) is 0 Å². The molecule has 4 nitrogen and oxygen atoms in total. The molecule has 0 unspecified atom stereocenters. The number of amides is 1. The molecule has 2 rings (SSSR count). The van der Waals surface area contributed by atoms with Crippen LogP contribution >= 0.6 is 27.5 Å². The summed E-state index contributed by atoms with van der Waals surface area (Å²) in [6.45, 7) is 4.54. The van der Waals surface area contributed by atoms with Crippen molar-refractivity contribution in [3.05, 3.63) is 64.2 Å². The van der Waals surface area contributed by atoms with Crippen molar-refractivity contribution >= 4 is 39.2 Å². The minimum atomic E-state index is -0.183. The number of ketones is 1. The molecule has 0 bridgehead atoms. The molecule has 2 aromatic carbocycles. The Hall–Kier alpha value is -1.85. The SMILES string of the molecule is CCCOc1ccc(C(=O)N[C@H](C)Cc2ccc(C(=O)CBr)cc2)cc1Cl. The summed E-state index contributed by atoms with van der Waals surface area (Å²) in [6.07, 6.45) is 1.56. The van der Waals surface area contributed by atoms with Crippen LogP contribution in [0.3, 0.4) is 0 Å². The molecule has 0 saturated carbocycles. The fourth-order valence-corrected chi connectivity index (χ4v) is 3.15. The minimum Gasteiger partial charge on any atom is -0.492 e. The van der Waals surface area contributed by atoms with Crippen LogP contribution in [0.4, 0.5) is 0 Å². The van der Waals surface area contributed by atoms with E-state index in [4.69, 9.17) is 16.3 Å². The lowest BCUT2D eigenvalue weighted by atomic mass is 10.0. The van der Waals surface area contributed by atoms with E-state index in [9.17, 15) is 9.59 Å². The normalized spacial score (nSPS) is 11.7. The molecular weight excluding hydrogens is 430 g/mol. The average molecular weight is 453 g/mol. The van der Waals surface area contributed by atoms with Gasteiger partial charge in [-0.3, -0.25) is 9.59 Å². The van der Waals surface area contributed by atoms with E-state index < -0.39 is 0 Å². The minimum absolute atomic E-state index is 0.0474. The molecular formula is C21H23BrClNO3. The summed E-state index contributed by atoms with van der Waals surface area (Å²) in [5, 5.41) is 3.71. The number of benzene rings is 2. The number of carbonyl (C=O) groups excluding carboxylic acids is 2. The third-order valence-electron chi connectivity index (χ3n) is 3.97. The van der Waals surface area contributed by atoms with Gasteiger partial charge in [-0.05, 0) is 43.5 Å². The third kappa shape index (κ3) is 6.36. The van der Waals surface area contributed by atoms with Gasteiger partial charge < -0.3 is 10.1 Å². The highest BCUT2D eigenvalue weighted by molar-refractivity contribution is 9.09. The molecule has 0 aliphatic rings. The van der Waals surface area contributed by atoms with Crippen LogP contribution in [-0.2, 0) is 6.42 Å². The molecule has 2 aromatic rings. The van der Waals surface area contributed by atoms with Crippen LogP contribution in [-0.4, -0.2) is 29.7 Å². The molecule has 0 saturated heterocycles. The number of Topliss-reactive ketones (excluding diaryl/α,β-unsaturated/α-hetero) is 1. The second-order valence-corrected chi connectivity index (χ2v) is 7.29. The molecule has 0 radical (unpaired) electrons. The highest BCUT2D eigenvalue weighted by atomic mass is 79.9. The second kappa shape index (κ2) is 10.5. The predicted octanol–water partition coefficient (Wildman–Crippen LogP) is 5.07. The van der Waals surface area contributed by atoms with Crippen molar-refractivity contribution in [3.63, 3.8) is 0 Å². The molecule has 6 heteroatoms. The van der Waals surface area contributed by atoms with E-state index in [0.717, 1.165) is 12.0 Å². The maximum absolute atomic E-state index is 12.4. The molecule has 0 fully saturated rings. The van der Waals surface area contributed by atoms with Crippen molar-refractivity contribution in [1.82, 2.24) is 5.32 Å². The number of hydrogen-bond donors (Lipinski definition) is 1. The molecule has 0 spiro atoms. The Balaban J connectivity index is 1.95. The van der Waals surface area contributed by atoms with E-state index in [0.29, 0.717) is 40.3 Å². The fraction of sp³-hybridized carbons (Fsp3) is 0.333. The number of alkyl halides is 1. The Kier molecular flexibility index (Phi) is 8.32. The Bertz CT molecular complexity index is 793. The zero-order valence-electron chi connectivity index (χ0n) is 15.4. The van der Waals surface area contributed by atoms with Gasteiger partial charge in [0.2, 0.25) is 0 Å². The third-order valence-corrected chi connectivity index (χ3v) is 4.78. The quantitative estimate of drug-likeness (QED) is 0.427. The largest absolute Gasteiger partial charge is 0.492 e. The van der Waals surface area contributed by atoms with Gasteiger partial charge in [0.25, 0.3) is 5.91 Å². The standard InChI is InChI=1S/C21H23BrClNO3/c1-3-10-27-20-9-8-17(12-18(20)23)21(26)24-14(2)11-15-4-6-16(7-5-15)19(25)13-22/h4-9,12,14H,3,10-11,13H2,1-2H3,(H,24,26)/t14-/m1/s1. The maximum Gasteiger partial charge on any atom is 0.251 e. The summed E-state index contributed by atoms with van der Waals surface area (Å²) in [7, 11) is 0. The summed E-state index contributed by atoms with van der Waals surface area (Å²) in [5.41, 5.74) is 2.22. The number of carbonyl (C=O) groups is 2. The number of ether oxygens (including phenoxy) is 1. The van der Waals surface area contributed by atoms with E-state index in [1.54, 1.807) is 18.2 Å². The molecule has 1 amide bonds. The maximum atomic E-state index is 12.4. The summed E-state index contributed by atoms with van der Waals surface area (Å²) < 4.78 is 5.52. The molecule has 1 atom stereocenters. The van der Waals surface area contributed by atoms with Gasteiger partial charge in [-0.15, -0.1) is 0 Å². The van der Waals surface area contributed by atoms with Gasteiger partial charge in [0, 0.05) is 17.2 Å². The zero-order chi connectivity index (χ0) is 19.8. The van der Waals surface area contributed by atoms with Crippen molar-refractivity contribution < 1.29 is 14.3 Å².